The molecule has 3 N–H and O–H groups in total. The zero-order valence-electron chi connectivity index (χ0n) is 12.6. The van der Waals surface area contributed by atoms with Gasteiger partial charge in [0.05, 0.1) is 22.8 Å². The number of hydrogen-bond acceptors (Lipinski definition) is 3. The molecule has 10 heteroatoms. The molecule has 0 atom stereocenters. The minimum Gasteiger partial charge on any atom is -0.491 e. The Morgan fingerprint density at radius 1 is 1.08 bits per heavy atom. The lowest BCUT2D eigenvalue weighted by atomic mass is 10.2. The van der Waals surface area contributed by atoms with Gasteiger partial charge in [0.2, 0.25) is 0 Å². The van der Waals surface area contributed by atoms with E-state index in [1.165, 1.54) is 0 Å². The summed E-state index contributed by atoms with van der Waals surface area (Å²) in [5.41, 5.74) is 0.834. The molecule has 0 aromatic heterocycles. The van der Waals surface area contributed by atoms with Crippen LogP contribution in [0.3, 0.4) is 0 Å². The average molecular weight is 558 g/mol. The van der Waals surface area contributed by atoms with Crippen molar-refractivity contribution in [1.82, 2.24) is 0 Å². The quantitative estimate of drug-likeness (QED) is 0.444. The predicted molar refractivity (Wildman–Crippen MR) is 106 cm³/mol. The van der Waals surface area contributed by atoms with Crippen LogP contribution in [0.1, 0.15) is 10.4 Å². The van der Waals surface area contributed by atoms with Crippen molar-refractivity contribution in [3.05, 3.63) is 55.4 Å². The van der Waals surface area contributed by atoms with Crippen LogP contribution in [0.2, 0.25) is 0 Å². The molecule has 0 aliphatic carbocycles. The van der Waals surface area contributed by atoms with Gasteiger partial charge in [-0.15, -0.1) is 0 Å². The summed E-state index contributed by atoms with van der Waals surface area (Å²) in [6.07, 6.45) is -0.441. The maximum atomic E-state index is 12.6. The normalized spacial score (nSPS) is 11.2. The molecule has 0 aliphatic rings. The standard InChI is InChI=1S/C15H13Br3NO5P/c16-9-1-3-11(4-2-9)19-15(20)12-7-10(17)8-13(18)14(12)24-5-6-25(21,22)23/h1-4,7-8H,5-6H2,(H,19,20)(H2,21,22,23). The summed E-state index contributed by atoms with van der Waals surface area (Å²) >= 11 is 9.94. The number of nitrogens with one attached hydrogen (secondary N) is 1. The van der Waals surface area contributed by atoms with E-state index >= 15 is 0 Å². The van der Waals surface area contributed by atoms with E-state index in [-0.39, 0.29) is 17.9 Å². The highest BCUT2D eigenvalue weighted by molar-refractivity contribution is 9.11. The van der Waals surface area contributed by atoms with Crippen molar-refractivity contribution in [1.29, 1.82) is 0 Å². The summed E-state index contributed by atoms with van der Waals surface area (Å²) in [5.74, 6) is -0.193. The fourth-order valence-corrected chi connectivity index (χ4v) is 3.81. The third-order valence-corrected chi connectivity index (χ3v) is 5.32. The van der Waals surface area contributed by atoms with Gasteiger partial charge in [0, 0.05) is 14.6 Å². The molecular formula is C15H13Br3NO5P. The Labute approximate surface area is 169 Å². The highest BCUT2D eigenvalue weighted by atomic mass is 79.9. The Balaban J connectivity index is 2.24. The van der Waals surface area contributed by atoms with Crippen molar-refractivity contribution in [3.8, 4) is 5.75 Å². The first-order valence-electron chi connectivity index (χ1n) is 6.89. The molecule has 2 rings (SSSR count). The fourth-order valence-electron chi connectivity index (χ4n) is 1.87. The SMILES string of the molecule is O=C(Nc1ccc(Br)cc1)c1cc(Br)cc(Br)c1OCCP(=O)(O)O. The number of ether oxygens (including phenoxy) is 1. The third kappa shape index (κ3) is 6.51. The summed E-state index contributed by atoms with van der Waals surface area (Å²) in [6.45, 7) is -0.219. The van der Waals surface area contributed by atoms with Crippen LogP contribution in [0.15, 0.2) is 49.8 Å². The van der Waals surface area contributed by atoms with E-state index in [9.17, 15) is 9.36 Å². The van der Waals surface area contributed by atoms with E-state index < -0.39 is 19.7 Å². The van der Waals surface area contributed by atoms with E-state index in [1.807, 2.05) is 0 Å². The number of anilines is 1. The molecule has 25 heavy (non-hydrogen) atoms. The van der Waals surface area contributed by atoms with Gasteiger partial charge in [-0.25, -0.2) is 0 Å². The van der Waals surface area contributed by atoms with Crippen LogP contribution in [0, 0.1) is 0 Å². The van der Waals surface area contributed by atoms with Crippen molar-refractivity contribution >= 4 is 67.0 Å². The van der Waals surface area contributed by atoms with Crippen molar-refractivity contribution in [2.45, 2.75) is 0 Å². The van der Waals surface area contributed by atoms with Crippen LogP contribution in [0.5, 0.6) is 5.75 Å². The second-order valence-corrected chi connectivity index (χ2v) is 9.42. The van der Waals surface area contributed by atoms with Gasteiger partial charge in [-0.05, 0) is 52.3 Å². The molecule has 6 nitrogen and oxygen atoms in total. The molecule has 0 saturated heterocycles. The molecule has 0 unspecified atom stereocenters. The zero-order chi connectivity index (χ0) is 18.6. The highest BCUT2D eigenvalue weighted by Crippen LogP contribution is 2.36. The minimum atomic E-state index is -4.18. The lowest BCUT2D eigenvalue weighted by molar-refractivity contribution is 0.102. The minimum absolute atomic E-state index is 0.214. The molecule has 0 fully saturated rings. The molecule has 2 aromatic rings. The van der Waals surface area contributed by atoms with Crippen LogP contribution in [-0.2, 0) is 4.57 Å². The Kier molecular flexibility index (Phi) is 7.25. The van der Waals surface area contributed by atoms with Gasteiger partial charge in [0.15, 0.2) is 0 Å². The molecule has 0 spiro atoms. The molecule has 1 amide bonds. The number of amides is 1. The third-order valence-electron chi connectivity index (χ3n) is 2.98. The van der Waals surface area contributed by atoms with E-state index in [4.69, 9.17) is 14.5 Å². The molecular weight excluding hydrogens is 545 g/mol. The number of hydrogen-bond donors (Lipinski definition) is 3. The Bertz CT molecular complexity index is 823. The number of benzene rings is 2. The number of rotatable bonds is 6. The van der Waals surface area contributed by atoms with Gasteiger partial charge in [-0.1, -0.05) is 31.9 Å². The molecule has 0 heterocycles. The van der Waals surface area contributed by atoms with Gasteiger partial charge < -0.3 is 19.8 Å². The molecule has 0 aliphatic heterocycles. The van der Waals surface area contributed by atoms with E-state index in [0.29, 0.717) is 14.6 Å². The number of carbonyl (C=O) groups excluding carboxylic acids is 1. The molecule has 0 radical (unpaired) electrons. The topological polar surface area (TPSA) is 95.9 Å². The first kappa shape index (κ1) is 20.6. The highest BCUT2D eigenvalue weighted by Gasteiger charge is 2.19. The molecule has 134 valence electrons. The predicted octanol–water partition coefficient (Wildman–Crippen LogP) is 4.78. The lowest BCUT2D eigenvalue weighted by Gasteiger charge is -2.14. The first-order valence-corrected chi connectivity index (χ1v) is 11.1. The summed E-state index contributed by atoms with van der Waals surface area (Å²) < 4.78 is 18.4. The van der Waals surface area contributed by atoms with Gasteiger partial charge in [-0.2, -0.15) is 0 Å². The van der Waals surface area contributed by atoms with Crippen LogP contribution >= 0.6 is 55.4 Å². The van der Waals surface area contributed by atoms with Crippen molar-refractivity contribution in [2.24, 2.45) is 0 Å². The second kappa shape index (κ2) is 8.79. The average Bonchev–Trinajstić information content (AvgIpc) is 2.50. The van der Waals surface area contributed by atoms with Crippen molar-refractivity contribution in [3.63, 3.8) is 0 Å². The maximum Gasteiger partial charge on any atom is 0.328 e. The van der Waals surface area contributed by atoms with Crippen molar-refractivity contribution in [2.75, 3.05) is 18.1 Å². The van der Waals surface area contributed by atoms with Crippen LogP contribution in [-0.4, -0.2) is 28.5 Å². The Morgan fingerprint density at radius 2 is 1.72 bits per heavy atom. The van der Waals surface area contributed by atoms with Crippen LogP contribution < -0.4 is 10.1 Å². The van der Waals surface area contributed by atoms with Gasteiger partial charge in [0.25, 0.3) is 5.91 Å². The summed E-state index contributed by atoms with van der Waals surface area (Å²) in [6, 6.07) is 10.3. The summed E-state index contributed by atoms with van der Waals surface area (Å²) in [7, 11) is -4.18. The lowest BCUT2D eigenvalue weighted by Crippen LogP contribution is -2.15. The summed E-state index contributed by atoms with van der Waals surface area (Å²) in [4.78, 5) is 30.5. The fraction of sp³-hybridized carbons (Fsp3) is 0.133. The van der Waals surface area contributed by atoms with Gasteiger partial charge >= 0.3 is 7.60 Å². The zero-order valence-corrected chi connectivity index (χ0v) is 18.2. The van der Waals surface area contributed by atoms with E-state index in [1.54, 1.807) is 36.4 Å². The maximum absolute atomic E-state index is 12.6. The number of halogens is 3. The number of carbonyl (C=O) groups is 1. The molecule has 0 saturated carbocycles. The van der Waals surface area contributed by atoms with Crippen LogP contribution in [0.4, 0.5) is 5.69 Å². The smallest absolute Gasteiger partial charge is 0.328 e. The van der Waals surface area contributed by atoms with Gasteiger partial charge in [-0.3, -0.25) is 9.36 Å². The first-order chi connectivity index (χ1) is 11.7. The second-order valence-electron chi connectivity index (χ2n) is 4.96. The monoisotopic (exact) mass is 555 g/mol. The van der Waals surface area contributed by atoms with E-state index in [2.05, 4.69) is 53.1 Å². The van der Waals surface area contributed by atoms with Gasteiger partial charge in [0.1, 0.15) is 5.75 Å². The summed E-state index contributed by atoms with van der Waals surface area (Å²) in [5, 5.41) is 2.75. The van der Waals surface area contributed by atoms with E-state index in [0.717, 1.165) is 4.47 Å². The Morgan fingerprint density at radius 3 is 2.32 bits per heavy atom. The molecule has 0 bridgehead atoms. The molecule has 2 aromatic carbocycles. The van der Waals surface area contributed by atoms with Crippen LogP contribution in [0.25, 0.3) is 0 Å². The van der Waals surface area contributed by atoms with Crippen molar-refractivity contribution < 1.29 is 23.9 Å². The Hall–Kier alpha value is -0.700. The largest absolute Gasteiger partial charge is 0.491 e.